The van der Waals surface area contributed by atoms with Crippen LogP contribution in [0, 0.1) is 5.92 Å². The van der Waals surface area contributed by atoms with Crippen LogP contribution in [0.4, 0.5) is 27.6 Å². The molecule has 1 aromatic heterocycles. The number of benzene rings is 2. The van der Waals surface area contributed by atoms with Crippen LogP contribution in [0.1, 0.15) is 18.4 Å². The fourth-order valence-corrected chi connectivity index (χ4v) is 3.98. The van der Waals surface area contributed by atoms with Gasteiger partial charge in [-0.1, -0.05) is 12.1 Å². The van der Waals surface area contributed by atoms with Crippen LogP contribution in [0.5, 0.6) is 5.75 Å². The second-order valence-corrected chi connectivity index (χ2v) is 7.97. The molecule has 0 spiro atoms. The number of halogens is 5. The van der Waals surface area contributed by atoms with Gasteiger partial charge in [0.15, 0.2) is 5.43 Å². The Hall–Kier alpha value is -3.10. The maximum atomic E-state index is 13.0. The Bertz CT molecular complexity index is 1130. The third kappa shape index (κ3) is 4.71. The Morgan fingerprint density at radius 1 is 0.969 bits per heavy atom. The number of hydrogen-bond acceptors (Lipinski definition) is 3. The number of fused-ring (bicyclic) bond motifs is 1. The molecule has 3 aromatic rings. The molecule has 2 aromatic carbocycles. The van der Waals surface area contributed by atoms with Gasteiger partial charge in [0.1, 0.15) is 5.75 Å². The van der Waals surface area contributed by atoms with E-state index in [9.17, 15) is 26.7 Å². The second-order valence-electron chi connectivity index (χ2n) is 7.97. The van der Waals surface area contributed by atoms with E-state index in [4.69, 9.17) is 0 Å². The first kappa shape index (κ1) is 22.1. The zero-order valence-corrected chi connectivity index (χ0v) is 17.0. The highest BCUT2D eigenvalue weighted by molar-refractivity contribution is 5.82. The highest BCUT2D eigenvalue weighted by Crippen LogP contribution is 2.37. The molecule has 9 heteroatoms. The number of aromatic amines is 1. The average Bonchev–Trinajstić information content (AvgIpc) is 2.75. The lowest BCUT2D eigenvalue weighted by molar-refractivity contribution is -0.360. The molecular formula is C23H21F5N2O2. The summed E-state index contributed by atoms with van der Waals surface area (Å²) in [6, 6.07) is 12.6. The van der Waals surface area contributed by atoms with E-state index < -0.39 is 18.0 Å². The summed E-state index contributed by atoms with van der Waals surface area (Å²) in [5.74, 6) is -0.171. The van der Waals surface area contributed by atoms with Crippen LogP contribution >= 0.6 is 0 Å². The highest BCUT2D eigenvalue weighted by Gasteiger charge is 2.61. The molecule has 1 aliphatic rings. The summed E-state index contributed by atoms with van der Waals surface area (Å²) in [5, 5.41) is 0.644. The minimum Gasteiger partial charge on any atom is -0.426 e. The van der Waals surface area contributed by atoms with E-state index in [0.717, 1.165) is 54.8 Å². The number of nitrogens with one attached hydrogen (secondary N) is 1. The van der Waals surface area contributed by atoms with Gasteiger partial charge < -0.3 is 14.6 Å². The largest absolute Gasteiger partial charge is 0.499 e. The van der Waals surface area contributed by atoms with E-state index in [0.29, 0.717) is 17.7 Å². The molecule has 0 aliphatic carbocycles. The topological polar surface area (TPSA) is 45.3 Å². The van der Waals surface area contributed by atoms with Gasteiger partial charge in [-0.15, -0.1) is 0 Å². The number of aromatic nitrogens is 1. The SMILES string of the molecule is O=c1cc[nH]c2ccc(N3CCC(Cc4ccc(OC(F)(F)C(F)(F)F)cc4)CC3)cc12. The van der Waals surface area contributed by atoms with Gasteiger partial charge in [0.05, 0.1) is 0 Å². The Balaban J connectivity index is 1.34. The van der Waals surface area contributed by atoms with Crippen molar-refractivity contribution >= 4 is 16.6 Å². The predicted octanol–water partition coefficient (Wildman–Crippen LogP) is 5.52. The van der Waals surface area contributed by atoms with E-state index in [1.165, 1.54) is 18.2 Å². The van der Waals surface area contributed by atoms with Crippen molar-refractivity contribution in [2.24, 2.45) is 5.92 Å². The molecule has 0 atom stereocenters. The third-order valence-electron chi connectivity index (χ3n) is 5.75. The first-order valence-electron chi connectivity index (χ1n) is 10.2. The quantitative estimate of drug-likeness (QED) is 0.519. The fourth-order valence-electron chi connectivity index (χ4n) is 3.98. The first-order chi connectivity index (χ1) is 15.1. The van der Waals surface area contributed by atoms with Crippen LogP contribution in [0.3, 0.4) is 0 Å². The van der Waals surface area contributed by atoms with Crippen molar-refractivity contribution in [3.05, 3.63) is 70.5 Å². The van der Waals surface area contributed by atoms with Crippen LogP contribution in [0.25, 0.3) is 10.9 Å². The summed E-state index contributed by atoms with van der Waals surface area (Å²) in [7, 11) is 0. The van der Waals surface area contributed by atoms with Gasteiger partial charge >= 0.3 is 12.3 Å². The van der Waals surface area contributed by atoms with Crippen LogP contribution < -0.4 is 15.1 Å². The van der Waals surface area contributed by atoms with E-state index in [-0.39, 0.29) is 5.43 Å². The van der Waals surface area contributed by atoms with Crippen molar-refractivity contribution in [1.82, 2.24) is 4.98 Å². The summed E-state index contributed by atoms with van der Waals surface area (Å²) in [6.45, 7) is 1.61. The van der Waals surface area contributed by atoms with Crippen molar-refractivity contribution in [2.75, 3.05) is 18.0 Å². The molecule has 1 saturated heterocycles. The minimum absolute atomic E-state index is 0.0316. The monoisotopic (exact) mass is 452 g/mol. The lowest BCUT2D eigenvalue weighted by Crippen LogP contribution is -2.41. The highest BCUT2D eigenvalue weighted by atomic mass is 19.4. The Morgan fingerprint density at radius 2 is 1.66 bits per heavy atom. The molecule has 0 bridgehead atoms. The average molecular weight is 452 g/mol. The molecule has 0 unspecified atom stereocenters. The summed E-state index contributed by atoms with van der Waals surface area (Å²) in [6.07, 6.45) is -6.88. The molecule has 1 N–H and O–H groups in total. The van der Waals surface area contributed by atoms with E-state index in [2.05, 4.69) is 14.6 Å². The molecule has 2 heterocycles. The number of alkyl halides is 5. The molecule has 32 heavy (non-hydrogen) atoms. The van der Waals surface area contributed by atoms with Crippen molar-refractivity contribution in [3.8, 4) is 5.75 Å². The number of nitrogens with zero attached hydrogens (tertiary/aromatic N) is 1. The van der Waals surface area contributed by atoms with E-state index in [1.54, 1.807) is 6.20 Å². The standard InChI is InChI=1S/C23H21F5N2O2/c24-22(25,26)23(27,28)32-18-4-1-15(2-5-18)13-16-8-11-30(12-9-16)17-3-6-20-19(14-17)21(31)7-10-29-20/h1-7,10,14,16H,8-9,11-13H2,(H,29,31). The number of pyridine rings is 1. The lowest BCUT2D eigenvalue weighted by atomic mass is 9.90. The van der Waals surface area contributed by atoms with Gasteiger partial charge in [-0.25, -0.2) is 0 Å². The fraction of sp³-hybridized carbons (Fsp3) is 0.348. The Kier molecular flexibility index (Phi) is 5.83. The summed E-state index contributed by atoms with van der Waals surface area (Å²) in [4.78, 5) is 17.3. The molecule has 0 amide bonds. The molecule has 1 aliphatic heterocycles. The van der Waals surface area contributed by atoms with Crippen molar-refractivity contribution < 1.29 is 26.7 Å². The number of rotatable bonds is 5. The maximum absolute atomic E-state index is 13.0. The summed E-state index contributed by atoms with van der Waals surface area (Å²) < 4.78 is 66.6. The number of anilines is 1. The van der Waals surface area contributed by atoms with E-state index >= 15 is 0 Å². The molecule has 4 nitrogen and oxygen atoms in total. The number of piperidine rings is 1. The number of H-pyrrole nitrogens is 1. The summed E-state index contributed by atoms with van der Waals surface area (Å²) >= 11 is 0. The minimum atomic E-state index is -5.77. The molecule has 1 fully saturated rings. The summed E-state index contributed by atoms with van der Waals surface area (Å²) in [5.41, 5.74) is 2.59. The predicted molar refractivity (Wildman–Crippen MR) is 111 cm³/mol. The van der Waals surface area contributed by atoms with Crippen molar-refractivity contribution in [3.63, 3.8) is 0 Å². The molecular weight excluding hydrogens is 431 g/mol. The van der Waals surface area contributed by atoms with Gasteiger partial charge in [-0.05, 0) is 61.1 Å². The van der Waals surface area contributed by atoms with Gasteiger partial charge in [0.25, 0.3) is 0 Å². The van der Waals surface area contributed by atoms with Crippen LogP contribution in [0.15, 0.2) is 59.5 Å². The zero-order valence-electron chi connectivity index (χ0n) is 17.0. The molecule has 0 radical (unpaired) electrons. The zero-order chi connectivity index (χ0) is 22.9. The molecule has 4 rings (SSSR count). The van der Waals surface area contributed by atoms with Gasteiger partial charge in [-0.3, -0.25) is 4.79 Å². The molecule has 0 saturated carbocycles. The van der Waals surface area contributed by atoms with Crippen LogP contribution in [-0.4, -0.2) is 30.4 Å². The normalized spacial score (nSPS) is 15.8. The van der Waals surface area contributed by atoms with Crippen molar-refractivity contribution in [2.45, 2.75) is 31.5 Å². The van der Waals surface area contributed by atoms with Crippen LogP contribution in [-0.2, 0) is 6.42 Å². The van der Waals surface area contributed by atoms with Crippen molar-refractivity contribution in [1.29, 1.82) is 0 Å². The van der Waals surface area contributed by atoms with Gasteiger partial charge in [-0.2, -0.15) is 22.0 Å². The van der Waals surface area contributed by atoms with Gasteiger partial charge in [0, 0.05) is 41.9 Å². The second kappa shape index (κ2) is 8.44. The first-order valence-corrected chi connectivity index (χ1v) is 10.2. The smallest absolute Gasteiger partial charge is 0.426 e. The van der Waals surface area contributed by atoms with Gasteiger partial charge in [0.2, 0.25) is 0 Å². The third-order valence-corrected chi connectivity index (χ3v) is 5.75. The molecule has 170 valence electrons. The lowest BCUT2D eigenvalue weighted by Gasteiger charge is -2.34. The maximum Gasteiger partial charge on any atom is 0.499 e. The van der Waals surface area contributed by atoms with Crippen LogP contribution in [0.2, 0.25) is 0 Å². The van der Waals surface area contributed by atoms with E-state index in [1.807, 2.05) is 18.2 Å². The Labute approximate surface area is 180 Å². The Morgan fingerprint density at radius 3 is 2.31 bits per heavy atom. The number of hydrogen-bond donors (Lipinski definition) is 1. The number of ether oxygens (including phenoxy) is 1.